The van der Waals surface area contributed by atoms with Gasteiger partial charge in [0.05, 0.1) is 17.5 Å². The Kier molecular flexibility index (Phi) is 3.86. The Bertz CT molecular complexity index is 430. The van der Waals surface area contributed by atoms with Crippen LogP contribution in [0.3, 0.4) is 0 Å². The summed E-state index contributed by atoms with van der Waals surface area (Å²) in [6.45, 7) is 3.33. The number of piperidine rings is 1. The second-order valence-electron chi connectivity index (χ2n) is 4.57. The van der Waals surface area contributed by atoms with Gasteiger partial charge in [0.25, 0.3) is 5.91 Å². The molecule has 0 spiro atoms. The molecule has 0 saturated carbocycles. The largest absolute Gasteiger partial charge is 0.395 e. The summed E-state index contributed by atoms with van der Waals surface area (Å²) < 4.78 is 5.31. The molecule has 2 rings (SSSR count). The fraction of sp³-hybridized carbons (Fsp3) is 0.667. The number of hydrogen-bond donors (Lipinski definition) is 2. The molecule has 2 heterocycles. The van der Waals surface area contributed by atoms with Gasteiger partial charge in [0.2, 0.25) is 0 Å². The Hall–Kier alpha value is -1.56. The normalized spacial score (nSPS) is 20.1. The van der Waals surface area contributed by atoms with E-state index in [0.29, 0.717) is 17.9 Å². The number of ether oxygens (including phenoxy) is 1. The summed E-state index contributed by atoms with van der Waals surface area (Å²) in [6.07, 6.45) is 2.81. The van der Waals surface area contributed by atoms with Crippen LogP contribution in [0.15, 0.2) is 0 Å². The highest BCUT2D eigenvalue weighted by Gasteiger charge is 2.27. The second kappa shape index (κ2) is 5.39. The van der Waals surface area contributed by atoms with Crippen LogP contribution in [0.2, 0.25) is 0 Å². The summed E-state index contributed by atoms with van der Waals surface area (Å²) in [7, 11) is 1.68. The third kappa shape index (κ3) is 2.33. The van der Waals surface area contributed by atoms with E-state index < -0.39 is 0 Å². The molecule has 1 amide bonds. The van der Waals surface area contributed by atoms with Crippen LogP contribution in [0.1, 0.15) is 35.9 Å². The number of aromatic nitrogens is 2. The van der Waals surface area contributed by atoms with Gasteiger partial charge in [-0.2, -0.15) is 5.10 Å². The molecule has 1 aromatic rings. The number of aryl methyl sites for hydroxylation is 1. The van der Waals surface area contributed by atoms with E-state index in [4.69, 9.17) is 10.5 Å². The molecule has 100 valence electrons. The number of carbonyl (C=O) groups is 1. The fourth-order valence-electron chi connectivity index (χ4n) is 2.28. The topological polar surface area (TPSA) is 84.2 Å². The van der Waals surface area contributed by atoms with Crippen molar-refractivity contribution in [1.29, 1.82) is 0 Å². The quantitative estimate of drug-likeness (QED) is 0.833. The monoisotopic (exact) mass is 252 g/mol. The Morgan fingerprint density at radius 3 is 3.06 bits per heavy atom. The summed E-state index contributed by atoms with van der Waals surface area (Å²) in [4.78, 5) is 14.1. The molecule has 6 nitrogen and oxygen atoms in total. The van der Waals surface area contributed by atoms with E-state index in [-0.39, 0.29) is 12.0 Å². The van der Waals surface area contributed by atoms with Crippen LogP contribution in [0.5, 0.6) is 0 Å². The summed E-state index contributed by atoms with van der Waals surface area (Å²) in [5.74, 6) is -0.106. The van der Waals surface area contributed by atoms with Gasteiger partial charge >= 0.3 is 0 Å². The van der Waals surface area contributed by atoms with Crippen LogP contribution in [0.4, 0.5) is 5.69 Å². The Balaban J connectivity index is 2.12. The highest BCUT2D eigenvalue weighted by molar-refractivity contribution is 5.97. The number of aromatic amines is 1. The number of anilines is 1. The molecule has 0 radical (unpaired) electrons. The average Bonchev–Trinajstić information content (AvgIpc) is 2.79. The molecule has 0 aromatic carbocycles. The number of methoxy groups -OCH3 is 1. The van der Waals surface area contributed by atoms with Crippen molar-refractivity contribution in [3.63, 3.8) is 0 Å². The first-order chi connectivity index (χ1) is 8.67. The van der Waals surface area contributed by atoms with Crippen molar-refractivity contribution in [1.82, 2.24) is 15.1 Å². The van der Waals surface area contributed by atoms with E-state index in [9.17, 15) is 4.79 Å². The predicted octanol–water partition coefficient (Wildman–Crippen LogP) is 0.805. The molecule has 1 fully saturated rings. The first-order valence-corrected chi connectivity index (χ1v) is 6.32. The van der Waals surface area contributed by atoms with Crippen LogP contribution >= 0.6 is 0 Å². The van der Waals surface area contributed by atoms with E-state index in [0.717, 1.165) is 31.5 Å². The molecule has 18 heavy (non-hydrogen) atoms. The lowest BCUT2D eigenvalue weighted by molar-refractivity contribution is 0.0266. The average molecular weight is 252 g/mol. The number of nitrogen functional groups attached to an aromatic ring is 1. The number of amides is 1. The minimum absolute atomic E-state index is 0.106. The number of nitrogens with zero attached hydrogens (tertiary/aromatic N) is 2. The van der Waals surface area contributed by atoms with Crippen LogP contribution in [-0.2, 0) is 11.2 Å². The third-order valence-electron chi connectivity index (χ3n) is 3.44. The fourth-order valence-corrected chi connectivity index (χ4v) is 2.28. The zero-order valence-corrected chi connectivity index (χ0v) is 10.9. The molecule has 1 aromatic heterocycles. The van der Waals surface area contributed by atoms with E-state index >= 15 is 0 Å². The third-order valence-corrected chi connectivity index (χ3v) is 3.44. The smallest absolute Gasteiger partial charge is 0.276 e. The van der Waals surface area contributed by atoms with Crippen molar-refractivity contribution >= 4 is 11.6 Å². The van der Waals surface area contributed by atoms with Gasteiger partial charge in [-0.05, 0) is 19.3 Å². The Morgan fingerprint density at radius 2 is 2.44 bits per heavy atom. The lowest BCUT2D eigenvalue weighted by Gasteiger charge is -2.31. The van der Waals surface area contributed by atoms with Crippen LogP contribution in [0, 0.1) is 0 Å². The van der Waals surface area contributed by atoms with Crippen LogP contribution in [-0.4, -0.2) is 47.3 Å². The van der Waals surface area contributed by atoms with Crippen molar-refractivity contribution in [3.05, 3.63) is 11.4 Å². The number of H-pyrrole nitrogens is 1. The van der Waals surface area contributed by atoms with Gasteiger partial charge in [-0.25, -0.2) is 0 Å². The van der Waals surface area contributed by atoms with E-state index in [1.807, 2.05) is 6.92 Å². The van der Waals surface area contributed by atoms with Gasteiger partial charge in [-0.1, -0.05) is 6.92 Å². The maximum Gasteiger partial charge on any atom is 0.276 e. The standard InChI is InChI=1S/C12H20N4O2/c1-3-9-10(13)11(15-14-9)12(17)16-6-4-5-8(7-16)18-2/h8H,3-7,13H2,1-2H3,(H,14,15). The molecule has 1 aliphatic heterocycles. The van der Waals surface area contributed by atoms with E-state index in [1.165, 1.54) is 0 Å². The number of nitrogens with two attached hydrogens (primary N) is 1. The maximum atomic E-state index is 12.3. The minimum atomic E-state index is -0.106. The minimum Gasteiger partial charge on any atom is -0.395 e. The predicted molar refractivity (Wildman–Crippen MR) is 68.3 cm³/mol. The Labute approximate surface area is 106 Å². The van der Waals surface area contributed by atoms with E-state index in [2.05, 4.69) is 10.2 Å². The molecule has 6 heteroatoms. The molecule has 0 aliphatic carbocycles. The maximum absolute atomic E-state index is 12.3. The lowest BCUT2D eigenvalue weighted by atomic mass is 10.1. The summed E-state index contributed by atoms with van der Waals surface area (Å²) in [6, 6.07) is 0. The van der Waals surface area contributed by atoms with Crippen LogP contribution < -0.4 is 5.73 Å². The molecule has 0 bridgehead atoms. The van der Waals surface area contributed by atoms with Crippen molar-refractivity contribution in [2.24, 2.45) is 0 Å². The second-order valence-corrected chi connectivity index (χ2v) is 4.57. The van der Waals surface area contributed by atoms with Gasteiger partial charge in [0.1, 0.15) is 0 Å². The molecule has 1 atom stereocenters. The van der Waals surface area contributed by atoms with Crippen molar-refractivity contribution < 1.29 is 9.53 Å². The van der Waals surface area contributed by atoms with E-state index in [1.54, 1.807) is 12.0 Å². The molecule has 1 unspecified atom stereocenters. The number of nitrogens with one attached hydrogen (secondary N) is 1. The number of hydrogen-bond acceptors (Lipinski definition) is 4. The highest BCUT2D eigenvalue weighted by atomic mass is 16.5. The molecular weight excluding hydrogens is 232 g/mol. The Morgan fingerprint density at radius 1 is 1.67 bits per heavy atom. The first kappa shape index (κ1) is 12.9. The lowest BCUT2D eigenvalue weighted by Crippen LogP contribution is -2.43. The number of rotatable bonds is 3. The van der Waals surface area contributed by atoms with Gasteiger partial charge < -0.3 is 15.4 Å². The van der Waals surface area contributed by atoms with Crippen molar-refractivity contribution in [3.8, 4) is 0 Å². The van der Waals surface area contributed by atoms with Crippen molar-refractivity contribution in [2.75, 3.05) is 25.9 Å². The summed E-state index contributed by atoms with van der Waals surface area (Å²) in [5.41, 5.74) is 7.55. The summed E-state index contributed by atoms with van der Waals surface area (Å²) >= 11 is 0. The molecular formula is C12H20N4O2. The van der Waals surface area contributed by atoms with Crippen LogP contribution in [0.25, 0.3) is 0 Å². The van der Waals surface area contributed by atoms with Gasteiger partial charge in [0, 0.05) is 20.2 Å². The highest BCUT2D eigenvalue weighted by Crippen LogP contribution is 2.19. The van der Waals surface area contributed by atoms with Gasteiger partial charge in [-0.3, -0.25) is 9.89 Å². The number of likely N-dealkylation sites (tertiary alicyclic amines) is 1. The summed E-state index contributed by atoms with van der Waals surface area (Å²) in [5, 5.41) is 6.85. The van der Waals surface area contributed by atoms with Crippen molar-refractivity contribution in [2.45, 2.75) is 32.3 Å². The molecule has 1 aliphatic rings. The van der Waals surface area contributed by atoms with Gasteiger partial charge in [-0.15, -0.1) is 0 Å². The zero-order valence-electron chi connectivity index (χ0n) is 10.9. The van der Waals surface area contributed by atoms with Gasteiger partial charge in [0.15, 0.2) is 5.69 Å². The number of carbonyl (C=O) groups excluding carboxylic acids is 1. The SMILES string of the molecule is CCc1[nH]nc(C(=O)N2CCCC(OC)C2)c1N. The molecule has 1 saturated heterocycles. The molecule has 3 N–H and O–H groups in total. The first-order valence-electron chi connectivity index (χ1n) is 6.32. The zero-order chi connectivity index (χ0) is 13.1.